The van der Waals surface area contributed by atoms with Gasteiger partial charge in [-0.3, -0.25) is 9.58 Å². The predicted molar refractivity (Wildman–Crippen MR) is 75.8 cm³/mol. The van der Waals surface area contributed by atoms with E-state index in [0.29, 0.717) is 12.5 Å². The van der Waals surface area contributed by atoms with Crippen molar-refractivity contribution in [3.05, 3.63) is 30.0 Å². The van der Waals surface area contributed by atoms with Crippen LogP contribution in [0.1, 0.15) is 18.5 Å². The number of hydrogen-bond acceptors (Lipinski definition) is 3. The van der Waals surface area contributed by atoms with Gasteiger partial charge in [0, 0.05) is 25.6 Å². The van der Waals surface area contributed by atoms with Gasteiger partial charge in [0.05, 0.1) is 11.2 Å². The van der Waals surface area contributed by atoms with Gasteiger partial charge in [0.1, 0.15) is 0 Å². The number of fused-ring (bicyclic) bond motifs is 1. The zero-order chi connectivity index (χ0) is 13.2. The number of aryl methyl sites for hydroxylation is 1. The molecule has 0 amide bonds. The van der Waals surface area contributed by atoms with Crippen LogP contribution in [-0.4, -0.2) is 39.5 Å². The molecule has 1 aromatic heterocycles. The first-order chi connectivity index (χ1) is 9.28. The first-order valence-electron chi connectivity index (χ1n) is 7.01. The Labute approximate surface area is 113 Å². The number of aromatic nitrogens is 2. The summed E-state index contributed by atoms with van der Waals surface area (Å²) in [5, 5.41) is 15.1. The molecule has 1 fully saturated rings. The predicted octanol–water partition coefficient (Wildman–Crippen LogP) is 1.78. The van der Waals surface area contributed by atoms with Crippen LogP contribution in [0.4, 0.5) is 0 Å². The first-order valence-corrected chi connectivity index (χ1v) is 7.01. The molecule has 0 aliphatic carbocycles. The van der Waals surface area contributed by atoms with Gasteiger partial charge in [-0.15, -0.1) is 0 Å². The molecule has 4 nitrogen and oxygen atoms in total. The molecule has 1 aliphatic heterocycles. The molecule has 0 bridgehead atoms. The van der Waals surface area contributed by atoms with E-state index in [1.807, 2.05) is 11.7 Å². The quantitative estimate of drug-likeness (QED) is 0.913. The monoisotopic (exact) mass is 259 g/mol. The Kier molecular flexibility index (Phi) is 3.53. The Bertz CT molecular complexity index is 556. The van der Waals surface area contributed by atoms with Crippen LogP contribution < -0.4 is 0 Å². The fourth-order valence-electron chi connectivity index (χ4n) is 2.94. The zero-order valence-corrected chi connectivity index (χ0v) is 11.4. The highest BCUT2D eigenvalue weighted by atomic mass is 16.3. The molecule has 1 N–H and O–H groups in total. The number of nitrogens with zero attached hydrogens (tertiary/aromatic N) is 3. The van der Waals surface area contributed by atoms with Crippen LogP contribution in [0.15, 0.2) is 24.3 Å². The second-order valence-corrected chi connectivity index (χ2v) is 5.49. The molecular formula is C15H21N3O. The van der Waals surface area contributed by atoms with E-state index in [1.54, 1.807) is 0 Å². The molecule has 0 unspecified atom stereocenters. The van der Waals surface area contributed by atoms with Crippen LogP contribution in [0.25, 0.3) is 10.9 Å². The summed E-state index contributed by atoms with van der Waals surface area (Å²) in [6.07, 6.45) is 2.20. The van der Waals surface area contributed by atoms with E-state index in [4.69, 9.17) is 0 Å². The van der Waals surface area contributed by atoms with Gasteiger partial charge in [-0.2, -0.15) is 5.10 Å². The third kappa shape index (κ3) is 2.51. The average molecular weight is 259 g/mol. The molecule has 1 saturated heterocycles. The summed E-state index contributed by atoms with van der Waals surface area (Å²) in [7, 11) is 2.00. The standard InChI is InChI=1S/C15H21N3O/c1-17-15-5-3-2-4-13(15)14(16-17)10-18-8-6-12(11-19)7-9-18/h2-5,12,19H,6-11H2,1H3. The molecule has 2 heterocycles. The van der Waals surface area contributed by atoms with Crippen molar-refractivity contribution >= 4 is 10.9 Å². The summed E-state index contributed by atoms with van der Waals surface area (Å²) in [5.74, 6) is 0.497. The van der Waals surface area contributed by atoms with E-state index in [9.17, 15) is 5.11 Å². The second-order valence-electron chi connectivity index (χ2n) is 5.49. The van der Waals surface area contributed by atoms with E-state index in [-0.39, 0.29) is 0 Å². The lowest BCUT2D eigenvalue weighted by Gasteiger charge is -2.30. The molecule has 4 heteroatoms. The van der Waals surface area contributed by atoms with Crippen molar-refractivity contribution in [3.63, 3.8) is 0 Å². The maximum atomic E-state index is 9.18. The Morgan fingerprint density at radius 2 is 2.00 bits per heavy atom. The Morgan fingerprint density at radius 1 is 1.26 bits per heavy atom. The van der Waals surface area contributed by atoms with Crippen LogP contribution in [0, 0.1) is 5.92 Å². The third-order valence-corrected chi connectivity index (χ3v) is 4.17. The molecule has 19 heavy (non-hydrogen) atoms. The Morgan fingerprint density at radius 3 is 2.74 bits per heavy atom. The summed E-state index contributed by atoms with van der Waals surface area (Å²) in [6, 6.07) is 8.40. The Hall–Kier alpha value is -1.39. The fraction of sp³-hybridized carbons (Fsp3) is 0.533. The summed E-state index contributed by atoms with van der Waals surface area (Å²) in [4.78, 5) is 2.45. The summed E-state index contributed by atoms with van der Waals surface area (Å²) in [5.41, 5.74) is 2.36. The van der Waals surface area contributed by atoms with Gasteiger partial charge < -0.3 is 5.11 Å². The third-order valence-electron chi connectivity index (χ3n) is 4.17. The van der Waals surface area contributed by atoms with Gasteiger partial charge in [-0.05, 0) is 37.9 Å². The lowest BCUT2D eigenvalue weighted by Crippen LogP contribution is -2.34. The average Bonchev–Trinajstić information content (AvgIpc) is 2.77. The lowest BCUT2D eigenvalue weighted by atomic mass is 9.98. The minimum atomic E-state index is 0.334. The SMILES string of the molecule is Cn1nc(CN2CCC(CO)CC2)c2ccccc21. The molecule has 0 spiro atoms. The Balaban J connectivity index is 1.75. The maximum absolute atomic E-state index is 9.18. The fourth-order valence-corrected chi connectivity index (χ4v) is 2.94. The van der Waals surface area contributed by atoms with Crippen molar-refractivity contribution in [2.75, 3.05) is 19.7 Å². The number of aliphatic hydroxyl groups excluding tert-OH is 1. The van der Waals surface area contributed by atoms with E-state index in [0.717, 1.165) is 32.5 Å². The molecule has 1 aromatic carbocycles. The highest BCUT2D eigenvalue weighted by molar-refractivity contribution is 5.81. The van der Waals surface area contributed by atoms with Crippen molar-refractivity contribution < 1.29 is 5.11 Å². The largest absolute Gasteiger partial charge is 0.396 e. The van der Waals surface area contributed by atoms with Crippen molar-refractivity contribution in [1.82, 2.24) is 14.7 Å². The second kappa shape index (κ2) is 5.31. The maximum Gasteiger partial charge on any atom is 0.0843 e. The number of likely N-dealkylation sites (tertiary alicyclic amines) is 1. The molecule has 1 aliphatic rings. The van der Waals surface area contributed by atoms with Crippen molar-refractivity contribution in [2.45, 2.75) is 19.4 Å². The van der Waals surface area contributed by atoms with Crippen LogP contribution >= 0.6 is 0 Å². The number of piperidine rings is 1. The first kappa shape index (κ1) is 12.6. The number of aliphatic hydroxyl groups is 1. The zero-order valence-electron chi connectivity index (χ0n) is 11.4. The number of para-hydroxylation sites is 1. The normalized spacial score (nSPS) is 18.2. The summed E-state index contributed by atoms with van der Waals surface area (Å²) >= 11 is 0. The number of rotatable bonds is 3. The van der Waals surface area contributed by atoms with Crippen LogP contribution in [0.3, 0.4) is 0 Å². The number of benzene rings is 1. The molecular weight excluding hydrogens is 238 g/mol. The van der Waals surface area contributed by atoms with Crippen LogP contribution in [0.2, 0.25) is 0 Å². The smallest absolute Gasteiger partial charge is 0.0843 e. The molecule has 0 radical (unpaired) electrons. The lowest BCUT2D eigenvalue weighted by molar-refractivity contribution is 0.126. The molecule has 2 aromatic rings. The summed E-state index contributed by atoms with van der Waals surface area (Å²) < 4.78 is 1.96. The van der Waals surface area contributed by atoms with Gasteiger partial charge in [0.15, 0.2) is 0 Å². The van der Waals surface area contributed by atoms with Gasteiger partial charge in [-0.1, -0.05) is 18.2 Å². The van der Waals surface area contributed by atoms with Gasteiger partial charge in [0.2, 0.25) is 0 Å². The van der Waals surface area contributed by atoms with Gasteiger partial charge >= 0.3 is 0 Å². The highest BCUT2D eigenvalue weighted by Crippen LogP contribution is 2.22. The van der Waals surface area contributed by atoms with Crippen molar-refractivity contribution in [2.24, 2.45) is 13.0 Å². The van der Waals surface area contributed by atoms with Crippen LogP contribution in [-0.2, 0) is 13.6 Å². The van der Waals surface area contributed by atoms with Gasteiger partial charge in [-0.25, -0.2) is 0 Å². The van der Waals surface area contributed by atoms with E-state index < -0.39 is 0 Å². The molecule has 0 saturated carbocycles. The van der Waals surface area contributed by atoms with Crippen molar-refractivity contribution in [1.29, 1.82) is 0 Å². The highest BCUT2D eigenvalue weighted by Gasteiger charge is 2.20. The van der Waals surface area contributed by atoms with Crippen molar-refractivity contribution in [3.8, 4) is 0 Å². The van der Waals surface area contributed by atoms with E-state index >= 15 is 0 Å². The van der Waals surface area contributed by atoms with Gasteiger partial charge in [0.25, 0.3) is 0 Å². The summed E-state index contributed by atoms with van der Waals surface area (Å²) in [6.45, 7) is 3.38. The molecule has 0 atom stereocenters. The topological polar surface area (TPSA) is 41.3 Å². The van der Waals surface area contributed by atoms with Crippen LogP contribution in [0.5, 0.6) is 0 Å². The van der Waals surface area contributed by atoms with E-state index in [1.165, 1.54) is 16.6 Å². The minimum absolute atomic E-state index is 0.334. The van der Waals surface area contributed by atoms with E-state index in [2.05, 4.69) is 34.3 Å². The molecule has 3 rings (SSSR count). The number of hydrogen-bond donors (Lipinski definition) is 1. The minimum Gasteiger partial charge on any atom is -0.396 e. The molecule has 102 valence electrons.